The average Bonchev–Trinajstić information content (AvgIpc) is 2.31. The molecule has 0 aromatic heterocycles. The fourth-order valence-corrected chi connectivity index (χ4v) is 3.03. The summed E-state index contributed by atoms with van der Waals surface area (Å²) >= 11 is 3.76. The second kappa shape index (κ2) is 6.83. The normalized spacial score (nSPS) is 30.0. The largest absolute Gasteiger partial charge is 0.385 e. The minimum absolute atomic E-state index is 0.780. The Morgan fingerprint density at radius 1 is 1.31 bits per heavy atom. The summed E-state index contributed by atoms with van der Waals surface area (Å²) in [6.45, 7) is 0.934. The number of hydrogen-bond acceptors (Lipinski definition) is 1. The molecular formula is C11H21BrO. The summed E-state index contributed by atoms with van der Waals surface area (Å²) in [4.78, 5) is 0.780. The third kappa shape index (κ3) is 5.02. The van der Waals surface area contributed by atoms with Crippen LogP contribution in [0, 0.1) is 5.92 Å². The topological polar surface area (TPSA) is 9.23 Å². The van der Waals surface area contributed by atoms with Crippen LogP contribution in [0.25, 0.3) is 0 Å². The number of ether oxygens (including phenoxy) is 1. The molecule has 0 heterocycles. The number of hydrogen-bond donors (Lipinski definition) is 0. The molecule has 2 heteroatoms. The van der Waals surface area contributed by atoms with Crippen LogP contribution in [-0.4, -0.2) is 18.5 Å². The fraction of sp³-hybridized carbons (Fsp3) is 1.00. The van der Waals surface area contributed by atoms with Gasteiger partial charge in [-0.2, -0.15) is 0 Å². The van der Waals surface area contributed by atoms with Crippen LogP contribution in [0.4, 0.5) is 0 Å². The standard InChI is InChI=1S/C11H21BrO/c1-13-8-4-6-10-5-2-3-7-11(12)9-10/h10-11H,2-9H2,1H3. The lowest BCUT2D eigenvalue weighted by molar-refractivity contribution is 0.185. The number of rotatable bonds is 4. The zero-order chi connectivity index (χ0) is 9.52. The van der Waals surface area contributed by atoms with Crippen molar-refractivity contribution < 1.29 is 4.74 Å². The summed E-state index contributed by atoms with van der Waals surface area (Å²) in [6.07, 6.45) is 9.63. The summed E-state index contributed by atoms with van der Waals surface area (Å²) in [5.41, 5.74) is 0. The first kappa shape index (κ1) is 11.5. The summed E-state index contributed by atoms with van der Waals surface area (Å²) in [5, 5.41) is 0. The quantitative estimate of drug-likeness (QED) is 0.419. The first-order valence-corrected chi connectivity index (χ1v) is 6.37. The van der Waals surface area contributed by atoms with E-state index in [0.717, 1.165) is 17.4 Å². The minimum atomic E-state index is 0.780. The van der Waals surface area contributed by atoms with E-state index in [4.69, 9.17) is 4.74 Å². The van der Waals surface area contributed by atoms with E-state index in [2.05, 4.69) is 15.9 Å². The van der Waals surface area contributed by atoms with Crippen LogP contribution in [0.15, 0.2) is 0 Å². The highest BCUT2D eigenvalue weighted by Crippen LogP contribution is 2.30. The predicted molar refractivity (Wildman–Crippen MR) is 60.4 cm³/mol. The molecule has 1 fully saturated rings. The maximum atomic E-state index is 5.08. The van der Waals surface area contributed by atoms with Crippen LogP contribution >= 0.6 is 15.9 Å². The molecule has 1 rings (SSSR count). The Hall–Kier alpha value is 0.440. The third-order valence-electron chi connectivity index (χ3n) is 2.93. The van der Waals surface area contributed by atoms with Gasteiger partial charge in [-0.15, -0.1) is 0 Å². The van der Waals surface area contributed by atoms with Crippen molar-refractivity contribution in [2.45, 2.75) is 49.8 Å². The van der Waals surface area contributed by atoms with E-state index >= 15 is 0 Å². The number of halogens is 1. The first-order chi connectivity index (χ1) is 6.33. The van der Waals surface area contributed by atoms with Gasteiger partial charge in [0, 0.05) is 18.5 Å². The van der Waals surface area contributed by atoms with Crippen molar-refractivity contribution in [3.05, 3.63) is 0 Å². The van der Waals surface area contributed by atoms with Crippen molar-refractivity contribution in [2.75, 3.05) is 13.7 Å². The molecule has 0 aliphatic heterocycles. The van der Waals surface area contributed by atoms with Gasteiger partial charge < -0.3 is 4.74 Å². The molecule has 2 unspecified atom stereocenters. The predicted octanol–water partition coefficient (Wildman–Crippen LogP) is 3.76. The number of alkyl halides is 1. The van der Waals surface area contributed by atoms with Gasteiger partial charge in [0.05, 0.1) is 0 Å². The average molecular weight is 249 g/mol. The molecule has 1 aliphatic carbocycles. The Labute approximate surface area is 90.4 Å². The van der Waals surface area contributed by atoms with Crippen molar-refractivity contribution >= 4 is 15.9 Å². The van der Waals surface area contributed by atoms with Crippen LogP contribution in [0.3, 0.4) is 0 Å². The van der Waals surface area contributed by atoms with E-state index in [0.29, 0.717) is 0 Å². The van der Waals surface area contributed by atoms with Crippen molar-refractivity contribution in [1.82, 2.24) is 0 Å². The van der Waals surface area contributed by atoms with Crippen LogP contribution in [0.1, 0.15) is 44.9 Å². The van der Waals surface area contributed by atoms with Crippen LogP contribution in [0.5, 0.6) is 0 Å². The molecule has 13 heavy (non-hydrogen) atoms. The van der Waals surface area contributed by atoms with Gasteiger partial charge in [-0.1, -0.05) is 35.2 Å². The highest BCUT2D eigenvalue weighted by Gasteiger charge is 2.17. The molecule has 1 saturated carbocycles. The molecule has 0 radical (unpaired) electrons. The molecule has 1 nitrogen and oxygen atoms in total. The molecule has 0 N–H and O–H groups in total. The molecule has 0 saturated heterocycles. The van der Waals surface area contributed by atoms with Crippen LogP contribution in [-0.2, 0) is 4.74 Å². The molecule has 78 valence electrons. The second-order valence-electron chi connectivity index (χ2n) is 4.12. The van der Waals surface area contributed by atoms with Crippen molar-refractivity contribution in [1.29, 1.82) is 0 Å². The lowest BCUT2D eigenvalue weighted by atomic mass is 9.95. The Balaban J connectivity index is 2.15. The molecule has 0 aromatic rings. The van der Waals surface area contributed by atoms with Crippen LogP contribution in [0.2, 0.25) is 0 Å². The molecular weight excluding hydrogens is 228 g/mol. The lowest BCUT2D eigenvalue weighted by Crippen LogP contribution is -2.06. The van der Waals surface area contributed by atoms with Gasteiger partial charge in [-0.25, -0.2) is 0 Å². The zero-order valence-corrected chi connectivity index (χ0v) is 10.2. The summed E-state index contributed by atoms with van der Waals surface area (Å²) in [5.74, 6) is 0.946. The molecule has 2 atom stereocenters. The van der Waals surface area contributed by atoms with Gasteiger partial charge in [-0.3, -0.25) is 0 Å². The molecule has 0 spiro atoms. The third-order valence-corrected chi connectivity index (χ3v) is 3.76. The van der Waals surface area contributed by atoms with E-state index in [1.54, 1.807) is 7.11 Å². The fourth-order valence-electron chi connectivity index (χ4n) is 2.17. The van der Waals surface area contributed by atoms with Crippen molar-refractivity contribution in [2.24, 2.45) is 5.92 Å². The lowest BCUT2D eigenvalue weighted by Gasteiger charge is -2.15. The zero-order valence-electron chi connectivity index (χ0n) is 8.60. The van der Waals surface area contributed by atoms with E-state index in [1.807, 2.05) is 0 Å². The molecule has 0 aromatic carbocycles. The minimum Gasteiger partial charge on any atom is -0.385 e. The first-order valence-electron chi connectivity index (χ1n) is 5.46. The summed E-state index contributed by atoms with van der Waals surface area (Å²) < 4.78 is 5.08. The Kier molecular flexibility index (Phi) is 6.05. The summed E-state index contributed by atoms with van der Waals surface area (Å²) in [6, 6.07) is 0. The Morgan fingerprint density at radius 3 is 2.85 bits per heavy atom. The SMILES string of the molecule is COCCCC1CCCCC(Br)C1. The van der Waals surface area contributed by atoms with Crippen molar-refractivity contribution in [3.63, 3.8) is 0 Å². The Bertz CT molecular complexity index is 127. The highest BCUT2D eigenvalue weighted by atomic mass is 79.9. The van der Waals surface area contributed by atoms with E-state index in [-0.39, 0.29) is 0 Å². The van der Waals surface area contributed by atoms with Gasteiger partial charge >= 0.3 is 0 Å². The number of methoxy groups -OCH3 is 1. The highest BCUT2D eigenvalue weighted by molar-refractivity contribution is 9.09. The van der Waals surface area contributed by atoms with E-state index in [1.165, 1.54) is 44.9 Å². The van der Waals surface area contributed by atoms with E-state index in [9.17, 15) is 0 Å². The smallest absolute Gasteiger partial charge is 0.0462 e. The molecule has 1 aliphatic rings. The Morgan fingerprint density at radius 2 is 2.08 bits per heavy atom. The van der Waals surface area contributed by atoms with Gasteiger partial charge in [-0.05, 0) is 31.6 Å². The van der Waals surface area contributed by atoms with Gasteiger partial charge in [0.25, 0.3) is 0 Å². The molecule has 0 bridgehead atoms. The molecule has 0 amide bonds. The summed E-state index contributed by atoms with van der Waals surface area (Å²) in [7, 11) is 1.79. The monoisotopic (exact) mass is 248 g/mol. The maximum Gasteiger partial charge on any atom is 0.0462 e. The maximum absolute atomic E-state index is 5.08. The van der Waals surface area contributed by atoms with Gasteiger partial charge in [0.2, 0.25) is 0 Å². The van der Waals surface area contributed by atoms with Crippen LogP contribution < -0.4 is 0 Å². The van der Waals surface area contributed by atoms with E-state index < -0.39 is 0 Å². The van der Waals surface area contributed by atoms with Gasteiger partial charge in [0.1, 0.15) is 0 Å². The second-order valence-corrected chi connectivity index (χ2v) is 5.41. The van der Waals surface area contributed by atoms with Crippen molar-refractivity contribution in [3.8, 4) is 0 Å². The van der Waals surface area contributed by atoms with Gasteiger partial charge in [0.15, 0.2) is 0 Å².